The molecule has 2 aliphatic heterocycles. The molecule has 0 aliphatic carbocycles. The second-order valence-electron chi connectivity index (χ2n) is 7.75. The standard InChI is InChI=1S/C23H24N4O7/c28-14-16(13-21(31)32)24-22(33)18-7-4-12-26-20(30)11-9-17(23(34)27(18)26)25-19(29)10-8-15-5-2-1-3-6-15/h1-6,8,10,12,14,16-18H,7,9,11,13H2,(H,24,33)(H,25,29)(H,31,32)/b10-8+/t16-,17-,18-/m0/s1. The summed E-state index contributed by atoms with van der Waals surface area (Å²) < 4.78 is 0. The van der Waals surface area contributed by atoms with Crippen LogP contribution in [0.25, 0.3) is 6.08 Å². The summed E-state index contributed by atoms with van der Waals surface area (Å²) >= 11 is 0. The van der Waals surface area contributed by atoms with Crippen molar-refractivity contribution in [3.63, 3.8) is 0 Å². The van der Waals surface area contributed by atoms with E-state index in [0.717, 1.165) is 15.6 Å². The number of hydrogen-bond acceptors (Lipinski definition) is 6. The predicted octanol–water partition coefficient (Wildman–Crippen LogP) is -0.00500. The zero-order chi connectivity index (χ0) is 24.7. The summed E-state index contributed by atoms with van der Waals surface area (Å²) in [4.78, 5) is 73.2. The molecule has 3 N–H and O–H groups in total. The highest BCUT2D eigenvalue weighted by atomic mass is 16.4. The van der Waals surface area contributed by atoms with Crippen LogP contribution in [0.3, 0.4) is 0 Å². The average molecular weight is 468 g/mol. The number of nitrogens with one attached hydrogen (secondary N) is 2. The number of amides is 4. The van der Waals surface area contributed by atoms with E-state index in [1.54, 1.807) is 18.2 Å². The van der Waals surface area contributed by atoms with Crippen molar-refractivity contribution in [3.05, 3.63) is 54.2 Å². The third-order valence-corrected chi connectivity index (χ3v) is 5.29. The van der Waals surface area contributed by atoms with E-state index in [9.17, 15) is 28.8 Å². The van der Waals surface area contributed by atoms with Gasteiger partial charge in [-0.1, -0.05) is 36.4 Å². The van der Waals surface area contributed by atoms with E-state index >= 15 is 0 Å². The molecular weight excluding hydrogens is 444 g/mol. The summed E-state index contributed by atoms with van der Waals surface area (Å²) in [5.41, 5.74) is 0.787. The Labute approximate surface area is 195 Å². The van der Waals surface area contributed by atoms with E-state index in [0.29, 0.717) is 6.29 Å². The van der Waals surface area contributed by atoms with Gasteiger partial charge in [0, 0.05) is 18.7 Å². The molecule has 1 aromatic rings. The van der Waals surface area contributed by atoms with Gasteiger partial charge < -0.3 is 20.5 Å². The molecule has 0 bridgehead atoms. The number of rotatable bonds is 8. The van der Waals surface area contributed by atoms with Crippen LogP contribution in [0.1, 0.15) is 31.2 Å². The van der Waals surface area contributed by atoms with E-state index in [-0.39, 0.29) is 19.3 Å². The molecule has 178 valence electrons. The minimum absolute atomic E-state index is 0.0355. The maximum absolute atomic E-state index is 13.3. The van der Waals surface area contributed by atoms with Crippen LogP contribution in [0.15, 0.2) is 48.7 Å². The zero-order valence-electron chi connectivity index (χ0n) is 18.1. The number of hydrogen-bond donors (Lipinski definition) is 3. The lowest BCUT2D eigenvalue weighted by Crippen LogP contribution is -2.61. The first-order chi connectivity index (χ1) is 16.3. The lowest BCUT2D eigenvalue weighted by molar-refractivity contribution is -0.166. The van der Waals surface area contributed by atoms with Gasteiger partial charge in [-0.25, -0.2) is 10.0 Å². The van der Waals surface area contributed by atoms with Crippen molar-refractivity contribution in [1.82, 2.24) is 20.7 Å². The molecule has 0 saturated carbocycles. The van der Waals surface area contributed by atoms with Crippen molar-refractivity contribution in [1.29, 1.82) is 0 Å². The lowest BCUT2D eigenvalue weighted by atomic mass is 10.1. The topological polar surface area (TPSA) is 153 Å². The van der Waals surface area contributed by atoms with Crippen molar-refractivity contribution in [2.24, 2.45) is 0 Å². The Morgan fingerprint density at radius 1 is 1.18 bits per heavy atom. The van der Waals surface area contributed by atoms with E-state index in [2.05, 4.69) is 10.6 Å². The lowest BCUT2D eigenvalue weighted by Gasteiger charge is -2.39. The summed E-state index contributed by atoms with van der Waals surface area (Å²) in [5.74, 6) is -3.73. The average Bonchev–Trinajstić information content (AvgIpc) is 2.94. The van der Waals surface area contributed by atoms with Crippen molar-refractivity contribution < 1.29 is 33.9 Å². The number of carboxylic acid groups (broad SMARTS) is 1. The zero-order valence-corrected chi connectivity index (χ0v) is 18.1. The molecule has 3 atom stereocenters. The first kappa shape index (κ1) is 24.4. The van der Waals surface area contributed by atoms with Crippen LogP contribution in [0.5, 0.6) is 0 Å². The van der Waals surface area contributed by atoms with Gasteiger partial charge in [-0.2, -0.15) is 0 Å². The van der Waals surface area contributed by atoms with E-state index in [1.807, 2.05) is 18.2 Å². The Hall–Kier alpha value is -4.28. The molecule has 0 radical (unpaired) electrons. The number of hydrazine groups is 1. The van der Waals surface area contributed by atoms with Crippen molar-refractivity contribution in [2.45, 2.75) is 43.8 Å². The minimum atomic E-state index is -1.29. The summed E-state index contributed by atoms with van der Waals surface area (Å²) in [6.07, 6.45) is 5.44. The predicted molar refractivity (Wildman–Crippen MR) is 118 cm³/mol. The largest absolute Gasteiger partial charge is 0.481 e. The summed E-state index contributed by atoms with van der Waals surface area (Å²) in [6.45, 7) is 0. The van der Waals surface area contributed by atoms with Gasteiger partial charge in [0.1, 0.15) is 18.4 Å². The van der Waals surface area contributed by atoms with Crippen LogP contribution in [0.2, 0.25) is 0 Å². The molecule has 1 saturated heterocycles. The Kier molecular flexibility index (Phi) is 7.91. The monoisotopic (exact) mass is 468 g/mol. The number of carbonyl (C=O) groups excluding carboxylic acids is 5. The fourth-order valence-corrected chi connectivity index (χ4v) is 3.65. The molecule has 11 heteroatoms. The quantitative estimate of drug-likeness (QED) is 0.358. The molecule has 2 aliphatic rings. The SMILES string of the molecule is O=C[C@H](CC(=O)O)NC(=O)[C@@H]1CC=CN2C(=O)CC[C@H](NC(=O)/C=C/c3ccccc3)C(=O)N12. The van der Waals surface area contributed by atoms with Crippen LogP contribution in [0, 0.1) is 0 Å². The van der Waals surface area contributed by atoms with Crippen LogP contribution < -0.4 is 10.6 Å². The maximum Gasteiger partial charge on any atom is 0.305 e. The number of benzene rings is 1. The number of carbonyl (C=O) groups is 6. The number of carboxylic acids is 1. The number of aldehydes is 1. The number of nitrogens with zero attached hydrogens (tertiary/aromatic N) is 2. The molecule has 11 nitrogen and oxygen atoms in total. The second kappa shape index (κ2) is 11.0. The third-order valence-electron chi connectivity index (χ3n) is 5.29. The van der Waals surface area contributed by atoms with Gasteiger partial charge in [0.2, 0.25) is 17.7 Å². The highest BCUT2D eigenvalue weighted by molar-refractivity contribution is 5.99. The van der Waals surface area contributed by atoms with Gasteiger partial charge >= 0.3 is 5.97 Å². The van der Waals surface area contributed by atoms with Gasteiger partial charge in [-0.15, -0.1) is 0 Å². The van der Waals surface area contributed by atoms with Gasteiger partial charge in [-0.05, 0) is 24.5 Å². The van der Waals surface area contributed by atoms with Gasteiger partial charge in [-0.3, -0.25) is 24.0 Å². The fourth-order valence-electron chi connectivity index (χ4n) is 3.65. The third kappa shape index (κ3) is 5.94. The normalized spacial score (nSPS) is 20.9. The fraction of sp³-hybridized carbons (Fsp3) is 0.304. The number of aliphatic carboxylic acids is 1. The summed E-state index contributed by atoms with van der Waals surface area (Å²) in [7, 11) is 0. The highest BCUT2D eigenvalue weighted by Gasteiger charge is 2.43. The smallest absolute Gasteiger partial charge is 0.305 e. The van der Waals surface area contributed by atoms with Crippen molar-refractivity contribution in [3.8, 4) is 0 Å². The summed E-state index contributed by atoms with van der Waals surface area (Å²) in [5, 5.41) is 15.8. The maximum atomic E-state index is 13.3. The van der Waals surface area contributed by atoms with Crippen LogP contribution in [-0.4, -0.2) is 69.1 Å². The second-order valence-corrected chi connectivity index (χ2v) is 7.75. The van der Waals surface area contributed by atoms with Crippen molar-refractivity contribution >= 4 is 42.0 Å². The Morgan fingerprint density at radius 2 is 1.91 bits per heavy atom. The van der Waals surface area contributed by atoms with Crippen LogP contribution in [0.4, 0.5) is 0 Å². The highest BCUT2D eigenvalue weighted by Crippen LogP contribution is 2.24. The van der Waals surface area contributed by atoms with E-state index < -0.39 is 54.1 Å². The molecular formula is C23H24N4O7. The molecule has 34 heavy (non-hydrogen) atoms. The van der Waals surface area contributed by atoms with Crippen molar-refractivity contribution in [2.75, 3.05) is 0 Å². The molecule has 0 unspecified atom stereocenters. The molecule has 4 amide bonds. The molecule has 1 aromatic carbocycles. The van der Waals surface area contributed by atoms with Gasteiger partial charge in [0.25, 0.3) is 5.91 Å². The van der Waals surface area contributed by atoms with Gasteiger partial charge in [0.15, 0.2) is 0 Å². The number of fused-ring (bicyclic) bond motifs is 1. The van der Waals surface area contributed by atoms with Gasteiger partial charge in [0.05, 0.1) is 12.5 Å². The summed E-state index contributed by atoms with van der Waals surface area (Å²) in [6, 6.07) is 5.51. The minimum Gasteiger partial charge on any atom is -0.481 e. The molecule has 2 heterocycles. The van der Waals surface area contributed by atoms with Crippen LogP contribution in [-0.2, 0) is 28.8 Å². The first-order valence-electron chi connectivity index (χ1n) is 10.6. The Morgan fingerprint density at radius 3 is 2.59 bits per heavy atom. The van der Waals surface area contributed by atoms with E-state index in [1.165, 1.54) is 18.4 Å². The molecule has 0 aromatic heterocycles. The van der Waals surface area contributed by atoms with E-state index in [4.69, 9.17) is 5.11 Å². The first-order valence-corrected chi connectivity index (χ1v) is 10.6. The molecule has 1 fully saturated rings. The Bertz CT molecular complexity index is 1040. The Balaban J connectivity index is 1.76. The van der Waals surface area contributed by atoms with Crippen LogP contribution >= 0.6 is 0 Å². The molecule has 3 rings (SSSR count). The molecule has 0 spiro atoms.